The lowest BCUT2D eigenvalue weighted by atomic mass is 10.3. The fraction of sp³-hybridized carbons (Fsp3) is 0.429. The lowest BCUT2D eigenvalue weighted by molar-refractivity contribution is 0.788. The molecule has 2 heterocycles. The molecule has 0 fully saturated rings. The van der Waals surface area contributed by atoms with Gasteiger partial charge in [0.1, 0.15) is 4.34 Å². The summed E-state index contributed by atoms with van der Waals surface area (Å²) in [5.74, 6) is 1.93. The first-order valence-electron chi connectivity index (χ1n) is 6.79. The van der Waals surface area contributed by atoms with Crippen LogP contribution < -0.4 is 10.6 Å². The Morgan fingerprint density at radius 2 is 2.24 bits per heavy atom. The number of nitrogens with zero attached hydrogens (tertiary/aromatic N) is 2. The third kappa shape index (κ3) is 5.68. The molecule has 0 saturated carbocycles. The molecule has 2 rings (SSSR count). The molecule has 4 nitrogen and oxygen atoms in total. The molecular weight excluding hydrogens is 320 g/mol. The first-order chi connectivity index (χ1) is 10.3. The SMILES string of the molecule is CN=C(NCCCSc1nccs1)NCc1sccc1C. The van der Waals surface area contributed by atoms with Gasteiger partial charge in [-0.1, -0.05) is 11.8 Å². The molecule has 0 aliphatic carbocycles. The quantitative estimate of drug-likeness (QED) is 0.351. The number of aryl methyl sites for hydroxylation is 1. The molecule has 0 atom stereocenters. The van der Waals surface area contributed by atoms with Gasteiger partial charge in [0.15, 0.2) is 5.96 Å². The van der Waals surface area contributed by atoms with Gasteiger partial charge in [0.25, 0.3) is 0 Å². The highest BCUT2D eigenvalue weighted by molar-refractivity contribution is 8.00. The number of guanidine groups is 1. The van der Waals surface area contributed by atoms with E-state index in [2.05, 4.69) is 39.0 Å². The van der Waals surface area contributed by atoms with E-state index in [1.807, 2.05) is 23.3 Å². The van der Waals surface area contributed by atoms with E-state index in [9.17, 15) is 0 Å². The van der Waals surface area contributed by atoms with E-state index < -0.39 is 0 Å². The van der Waals surface area contributed by atoms with Crippen molar-refractivity contribution >= 4 is 40.4 Å². The average molecular weight is 341 g/mol. The summed E-state index contributed by atoms with van der Waals surface area (Å²) in [5, 5.41) is 10.8. The summed E-state index contributed by atoms with van der Waals surface area (Å²) in [7, 11) is 1.81. The third-order valence-electron chi connectivity index (χ3n) is 2.86. The second kappa shape index (κ2) is 9.07. The van der Waals surface area contributed by atoms with Crippen LogP contribution in [0.1, 0.15) is 16.9 Å². The van der Waals surface area contributed by atoms with E-state index in [-0.39, 0.29) is 0 Å². The monoisotopic (exact) mass is 340 g/mol. The summed E-state index contributed by atoms with van der Waals surface area (Å²) in [4.78, 5) is 9.86. The van der Waals surface area contributed by atoms with E-state index in [1.165, 1.54) is 10.4 Å². The summed E-state index contributed by atoms with van der Waals surface area (Å²) < 4.78 is 1.14. The van der Waals surface area contributed by atoms with E-state index in [0.29, 0.717) is 0 Å². The number of thiazole rings is 1. The largest absolute Gasteiger partial charge is 0.356 e. The Bertz CT molecular complexity index is 548. The molecule has 0 unspecified atom stereocenters. The van der Waals surface area contributed by atoms with Crippen LogP contribution in [0.4, 0.5) is 0 Å². The molecule has 2 aromatic heterocycles. The van der Waals surface area contributed by atoms with Crippen LogP contribution in [0.2, 0.25) is 0 Å². The van der Waals surface area contributed by atoms with Crippen LogP contribution in [0.3, 0.4) is 0 Å². The van der Waals surface area contributed by atoms with Gasteiger partial charge in [-0.3, -0.25) is 4.99 Å². The standard InChI is InChI=1S/C14H20N4S3/c1-11-4-8-19-12(11)10-18-13(15-2)16-5-3-7-20-14-17-6-9-21-14/h4,6,8-9H,3,5,7,10H2,1-2H3,(H2,15,16,18). The van der Waals surface area contributed by atoms with Gasteiger partial charge >= 0.3 is 0 Å². The first-order valence-corrected chi connectivity index (χ1v) is 9.54. The molecule has 0 aliphatic heterocycles. The van der Waals surface area contributed by atoms with Crippen molar-refractivity contribution in [3.05, 3.63) is 33.5 Å². The number of aromatic nitrogens is 1. The minimum absolute atomic E-state index is 0.830. The zero-order valence-electron chi connectivity index (χ0n) is 12.3. The van der Waals surface area contributed by atoms with Gasteiger partial charge in [0.05, 0.1) is 6.54 Å². The van der Waals surface area contributed by atoms with Crippen molar-refractivity contribution < 1.29 is 0 Å². The lowest BCUT2D eigenvalue weighted by Gasteiger charge is -2.11. The number of thioether (sulfide) groups is 1. The van der Waals surface area contributed by atoms with Gasteiger partial charge in [0, 0.05) is 35.8 Å². The Kier molecular flexibility index (Phi) is 7.05. The molecule has 0 bridgehead atoms. The summed E-state index contributed by atoms with van der Waals surface area (Å²) in [6.45, 7) is 3.89. The number of nitrogens with one attached hydrogen (secondary N) is 2. The van der Waals surface area contributed by atoms with Crippen molar-refractivity contribution in [2.24, 2.45) is 4.99 Å². The van der Waals surface area contributed by atoms with Crippen molar-refractivity contribution in [1.82, 2.24) is 15.6 Å². The third-order valence-corrected chi connectivity index (χ3v) is 5.93. The van der Waals surface area contributed by atoms with Crippen LogP contribution in [-0.2, 0) is 6.54 Å². The van der Waals surface area contributed by atoms with Crippen molar-refractivity contribution in [1.29, 1.82) is 0 Å². The van der Waals surface area contributed by atoms with Crippen LogP contribution in [0.5, 0.6) is 0 Å². The molecular formula is C14H20N4S3. The molecule has 0 spiro atoms. The van der Waals surface area contributed by atoms with Crippen molar-refractivity contribution in [2.75, 3.05) is 19.3 Å². The van der Waals surface area contributed by atoms with Crippen molar-refractivity contribution in [2.45, 2.75) is 24.2 Å². The van der Waals surface area contributed by atoms with Crippen LogP contribution >= 0.6 is 34.4 Å². The number of hydrogen-bond acceptors (Lipinski definition) is 5. The summed E-state index contributed by atoms with van der Waals surface area (Å²) in [6.07, 6.45) is 2.94. The number of aliphatic imine (C=N–C) groups is 1. The summed E-state index contributed by atoms with van der Waals surface area (Å²) in [5.41, 5.74) is 1.34. The Morgan fingerprint density at radius 1 is 1.33 bits per heavy atom. The molecule has 2 N–H and O–H groups in total. The van der Waals surface area contributed by atoms with Gasteiger partial charge in [-0.2, -0.15) is 0 Å². The predicted molar refractivity (Wildman–Crippen MR) is 94.7 cm³/mol. The molecule has 0 saturated heterocycles. The maximum absolute atomic E-state index is 4.26. The fourth-order valence-corrected chi connectivity index (χ4v) is 4.18. The Morgan fingerprint density at radius 3 is 2.90 bits per heavy atom. The maximum atomic E-state index is 4.26. The average Bonchev–Trinajstić information content (AvgIpc) is 3.14. The highest BCUT2D eigenvalue weighted by atomic mass is 32.2. The molecule has 0 amide bonds. The topological polar surface area (TPSA) is 49.3 Å². The smallest absolute Gasteiger partial charge is 0.191 e. The van der Waals surface area contributed by atoms with E-state index in [0.717, 1.165) is 35.6 Å². The predicted octanol–water partition coefficient (Wildman–Crippen LogP) is 3.36. The Balaban J connectivity index is 1.60. The highest BCUT2D eigenvalue weighted by Gasteiger charge is 2.02. The second-order valence-electron chi connectivity index (χ2n) is 4.38. The van der Waals surface area contributed by atoms with E-state index in [1.54, 1.807) is 29.7 Å². The van der Waals surface area contributed by atoms with Crippen molar-refractivity contribution in [3.63, 3.8) is 0 Å². The van der Waals surface area contributed by atoms with Gasteiger partial charge in [-0.25, -0.2) is 4.98 Å². The second-order valence-corrected chi connectivity index (χ2v) is 7.62. The molecule has 0 radical (unpaired) electrons. The minimum Gasteiger partial charge on any atom is -0.356 e. The lowest BCUT2D eigenvalue weighted by Crippen LogP contribution is -2.37. The Labute approximate surface area is 138 Å². The number of rotatable bonds is 7. The first kappa shape index (κ1) is 16.3. The molecule has 7 heteroatoms. The Hall–Kier alpha value is -1.05. The summed E-state index contributed by atoms with van der Waals surface area (Å²) >= 11 is 5.28. The van der Waals surface area contributed by atoms with E-state index in [4.69, 9.17) is 0 Å². The van der Waals surface area contributed by atoms with Crippen molar-refractivity contribution in [3.8, 4) is 0 Å². The molecule has 0 aromatic carbocycles. The molecule has 21 heavy (non-hydrogen) atoms. The summed E-state index contributed by atoms with van der Waals surface area (Å²) in [6, 6.07) is 2.15. The van der Waals surface area contributed by atoms with Crippen LogP contribution in [0, 0.1) is 6.92 Å². The number of thiophene rings is 1. The van der Waals surface area contributed by atoms with Crippen LogP contribution in [-0.4, -0.2) is 30.3 Å². The van der Waals surface area contributed by atoms with Crippen LogP contribution in [0.25, 0.3) is 0 Å². The van der Waals surface area contributed by atoms with Gasteiger partial charge in [-0.15, -0.1) is 22.7 Å². The van der Waals surface area contributed by atoms with Crippen LogP contribution in [0.15, 0.2) is 32.4 Å². The zero-order valence-corrected chi connectivity index (χ0v) is 14.7. The van der Waals surface area contributed by atoms with Gasteiger partial charge in [0.2, 0.25) is 0 Å². The molecule has 2 aromatic rings. The molecule has 0 aliphatic rings. The zero-order chi connectivity index (χ0) is 14.9. The minimum atomic E-state index is 0.830. The maximum Gasteiger partial charge on any atom is 0.191 e. The van der Waals surface area contributed by atoms with Gasteiger partial charge < -0.3 is 10.6 Å². The molecule has 114 valence electrons. The van der Waals surface area contributed by atoms with Gasteiger partial charge in [-0.05, 0) is 30.4 Å². The highest BCUT2D eigenvalue weighted by Crippen LogP contribution is 2.20. The fourth-order valence-electron chi connectivity index (χ4n) is 1.69. The van der Waals surface area contributed by atoms with E-state index >= 15 is 0 Å². The number of hydrogen-bond donors (Lipinski definition) is 2. The normalized spacial score (nSPS) is 11.6.